The van der Waals surface area contributed by atoms with E-state index in [1.807, 2.05) is 30.3 Å². The fourth-order valence-electron chi connectivity index (χ4n) is 1.44. The molecule has 0 saturated carbocycles. The van der Waals surface area contributed by atoms with Gasteiger partial charge in [-0.1, -0.05) is 18.2 Å². The predicted molar refractivity (Wildman–Crippen MR) is 50.1 cm³/mol. The Hall–Kier alpha value is -1.35. The summed E-state index contributed by atoms with van der Waals surface area (Å²) in [6.45, 7) is 1.71. The summed E-state index contributed by atoms with van der Waals surface area (Å²) in [4.78, 5) is 11.7. The molecular weight excluding hydrogens is 164 g/mol. The Labute approximate surface area is 77.3 Å². The molecule has 1 aliphatic heterocycles. The van der Waals surface area contributed by atoms with Crippen molar-refractivity contribution >= 4 is 5.91 Å². The van der Waals surface area contributed by atoms with Crippen LogP contribution in [0.1, 0.15) is 16.8 Å². The number of amides is 1. The van der Waals surface area contributed by atoms with Crippen LogP contribution in [0.2, 0.25) is 0 Å². The van der Waals surface area contributed by atoms with Gasteiger partial charge in [0.1, 0.15) is 0 Å². The van der Waals surface area contributed by atoms with E-state index in [4.69, 9.17) is 0 Å². The predicted octanol–water partition coefficient (Wildman–Crippen LogP) is 1.04. The van der Waals surface area contributed by atoms with Crippen molar-refractivity contribution in [1.82, 2.24) is 10.4 Å². The molecule has 1 fully saturated rings. The van der Waals surface area contributed by atoms with Gasteiger partial charge in [0.05, 0.1) is 0 Å². The number of carbonyl (C=O) groups excluding carboxylic acids is 1. The van der Waals surface area contributed by atoms with Crippen molar-refractivity contribution in [2.45, 2.75) is 6.42 Å². The lowest BCUT2D eigenvalue weighted by Gasteiger charge is -2.14. The molecule has 1 aromatic carbocycles. The van der Waals surface area contributed by atoms with Crippen LogP contribution in [0, 0.1) is 0 Å². The van der Waals surface area contributed by atoms with Gasteiger partial charge in [-0.15, -0.1) is 0 Å². The molecular formula is C10H12N2O. The highest BCUT2D eigenvalue weighted by molar-refractivity contribution is 5.93. The summed E-state index contributed by atoms with van der Waals surface area (Å²) in [7, 11) is 0. The summed E-state index contributed by atoms with van der Waals surface area (Å²) < 4.78 is 0. The largest absolute Gasteiger partial charge is 0.274 e. The fraction of sp³-hybridized carbons (Fsp3) is 0.300. The molecule has 2 rings (SSSR count). The van der Waals surface area contributed by atoms with Crippen molar-refractivity contribution in [2.24, 2.45) is 0 Å². The van der Waals surface area contributed by atoms with Crippen LogP contribution in [0.4, 0.5) is 0 Å². The molecule has 1 aromatic rings. The summed E-state index contributed by atoms with van der Waals surface area (Å²) in [6.07, 6.45) is 1.04. The molecule has 1 heterocycles. The zero-order valence-electron chi connectivity index (χ0n) is 7.36. The topological polar surface area (TPSA) is 32.3 Å². The molecule has 3 nitrogen and oxygen atoms in total. The van der Waals surface area contributed by atoms with Gasteiger partial charge in [-0.3, -0.25) is 9.80 Å². The third-order valence-electron chi connectivity index (χ3n) is 2.13. The summed E-state index contributed by atoms with van der Waals surface area (Å²) in [5.74, 6) is 0.0677. The van der Waals surface area contributed by atoms with Gasteiger partial charge in [-0.25, -0.2) is 5.43 Å². The van der Waals surface area contributed by atoms with Gasteiger partial charge in [0.2, 0.25) is 0 Å². The van der Waals surface area contributed by atoms with Crippen molar-refractivity contribution in [3.8, 4) is 0 Å². The second kappa shape index (κ2) is 3.58. The first-order valence-electron chi connectivity index (χ1n) is 4.48. The van der Waals surface area contributed by atoms with E-state index >= 15 is 0 Å². The lowest BCUT2D eigenvalue weighted by atomic mass is 10.2. The highest BCUT2D eigenvalue weighted by Gasteiger charge is 2.18. The van der Waals surface area contributed by atoms with Gasteiger partial charge in [0.15, 0.2) is 0 Å². The average molecular weight is 176 g/mol. The number of nitrogens with one attached hydrogen (secondary N) is 1. The average Bonchev–Trinajstić information content (AvgIpc) is 2.71. The second-order valence-corrected chi connectivity index (χ2v) is 3.08. The first-order chi connectivity index (χ1) is 6.38. The van der Waals surface area contributed by atoms with E-state index in [0.29, 0.717) is 0 Å². The maximum absolute atomic E-state index is 11.7. The van der Waals surface area contributed by atoms with E-state index in [9.17, 15) is 4.79 Å². The molecule has 0 spiro atoms. The third kappa shape index (κ3) is 1.70. The molecule has 1 saturated heterocycles. The highest BCUT2D eigenvalue weighted by atomic mass is 16.2. The summed E-state index contributed by atoms with van der Waals surface area (Å²) >= 11 is 0. The molecule has 1 amide bonds. The number of rotatable bonds is 1. The van der Waals surface area contributed by atoms with Gasteiger partial charge in [0.25, 0.3) is 5.91 Å². The zero-order chi connectivity index (χ0) is 9.10. The van der Waals surface area contributed by atoms with E-state index in [1.54, 1.807) is 5.01 Å². The Bertz CT molecular complexity index is 291. The first kappa shape index (κ1) is 8.26. The number of hydrogen-bond donors (Lipinski definition) is 1. The minimum absolute atomic E-state index is 0.0677. The van der Waals surface area contributed by atoms with Crippen LogP contribution in [0.3, 0.4) is 0 Å². The van der Waals surface area contributed by atoms with Crippen molar-refractivity contribution in [3.05, 3.63) is 35.9 Å². The van der Waals surface area contributed by atoms with Crippen LogP contribution in [0.25, 0.3) is 0 Å². The molecule has 3 heteroatoms. The van der Waals surface area contributed by atoms with Crippen LogP contribution >= 0.6 is 0 Å². The van der Waals surface area contributed by atoms with Crippen LogP contribution in [0.5, 0.6) is 0 Å². The van der Waals surface area contributed by atoms with Gasteiger partial charge in [0, 0.05) is 18.7 Å². The fourth-order valence-corrected chi connectivity index (χ4v) is 1.44. The first-order valence-corrected chi connectivity index (χ1v) is 4.48. The molecule has 1 N–H and O–H groups in total. The van der Waals surface area contributed by atoms with Crippen LogP contribution in [0.15, 0.2) is 30.3 Å². The quantitative estimate of drug-likeness (QED) is 0.693. The number of nitrogens with zero attached hydrogens (tertiary/aromatic N) is 1. The Morgan fingerprint density at radius 3 is 2.69 bits per heavy atom. The lowest BCUT2D eigenvalue weighted by Crippen LogP contribution is -2.36. The standard InChI is InChI=1S/C10H12N2O/c13-10(12-8-4-7-11-12)9-5-2-1-3-6-9/h1-3,5-6,11H,4,7-8H2. The van der Waals surface area contributed by atoms with Gasteiger partial charge >= 0.3 is 0 Å². The summed E-state index contributed by atoms with van der Waals surface area (Å²) in [5.41, 5.74) is 3.79. The zero-order valence-corrected chi connectivity index (χ0v) is 7.36. The van der Waals surface area contributed by atoms with Gasteiger partial charge in [-0.05, 0) is 18.6 Å². The number of carbonyl (C=O) groups is 1. The Morgan fingerprint density at radius 1 is 1.31 bits per heavy atom. The second-order valence-electron chi connectivity index (χ2n) is 3.08. The molecule has 0 aromatic heterocycles. The molecule has 0 atom stereocenters. The molecule has 0 radical (unpaired) electrons. The number of hydrogen-bond acceptors (Lipinski definition) is 2. The van der Waals surface area contributed by atoms with Crippen molar-refractivity contribution in [2.75, 3.05) is 13.1 Å². The maximum atomic E-state index is 11.7. The number of benzene rings is 1. The minimum atomic E-state index is 0.0677. The van der Waals surface area contributed by atoms with E-state index < -0.39 is 0 Å². The normalized spacial score (nSPS) is 16.2. The van der Waals surface area contributed by atoms with Crippen molar-refractivity contribution in [1.29, 1.82) is 0 Å². The van der Waals surface area contributed by atoms with Crippen molar-refractivity contribution < 1.29 is 4.79 Å². The van der Waals surface area contributed by atoms with E-state index in [1.165, 1.54) is 0 Å². The van der Waals surface area contributed by atoms with E-state index in [0.717, 1.165) is 25.1 Å². The molecule has 13 heavy (non-hydrogen) atoms. The Morgan fingerprint density at radius 2 is 2.08 bits per heavy atom. The third-order valence-corrected chi connectivity index (χ3v) is 2.13. The summed E-state index contributed by atoms with van der Waals surface area (Å²) in [6, 6.07) is 9.34. The summed E-state index contributed by atoms with van der Waals surface area (Å²) in [5, 5.41) is 1.68. The monoisotopic (exact) mass is 176 g/mol. The molecule has 0 aliphatic carbocycles. The van der Waals surface area contributed by atoms with Crippen LogP contribution < -0.4 is 5.43 Å². The van der Waals surface area contributed by atoms with Crippen LogP contribution in [-0.4, -0.2) is 24.0 Å². The van der Waals surface area contributed by atoms with E-state index in [2.05, 4.69) is 5.43 Å². The van der Waals surface area contributed by atoms with Gasteiger partial charge < -0.3 is 0 Å². The Balaban J connectivity index is 2.13. The lowest BCUT2D eigenvalue weighted by molar-refractivity contribution is 0.0726. The molecule has 1 aliphatic rings. The molecule has 68 valence electrons. The Kier molecular flexibility index (Phi) is 2.27. The minimum Gasteiger partial charge on any atom is -0.274 e. The smallest absolute Gasteiger partial charge is 0.267 e. The van der Waals surface area contributed by atoms with Gasteiger partial charge in [-0.2, -0.15) is 0 Å². The van der Waals surface area contributed by atoms with E-state index in [-0.39, 0.29) is 5.91 Å². The maximum Gasteiger partial charge on any atom is 0.267 e. The van der Waals surface area contributed by atoms with Crippen LogP contribution in [-0.2, 0) is 0 Å². The SMILES string of the molecule is O=C(c1ccccc1)N1CCCN1. The highest BCUT2D eigenvalue weighted by Crippen LogP contribution is 2.05. The molecule has 0 unspecified atom stereocenters. The number of hydrazine groups is 1. The van der Waals surface area contributed by atoms with Crippen molar-refractivity contribution in [3.63, 3.8) is 0 Å². The molecule has 0 bridgehead atoms.